The SMILES string of the molecule is Cc1nc(C(=O)c2ccc(N)c(Br)c2)cs1. The zero-order valence-corrected chi connectivity index (χ0v) is 10.9. The second-order valence-corrected chi connectivity index (χ2v) is 5.23. The van der Waals surface area contributed by atoms with Crippen molar-refractivity contribution in [2.45, 2.75) is 6.92 Å². The van der Waals surface area contributed by atoms with Crippen molar-refractivity contribution >= 4 is 38.7 Å². The Bertz CT molecular complexity index is 551. The fourth-order valence-corrected chi connectivity index (χ4v) is 2.26. The van der Waals surface area contributed by atoms with Crippen LogP contribution in [0.15, 0.2) is 28.1 Å². The van der Waals surface area contributed by atoms with Crippen molar-refractivity contribution in [1.29, 1.82) is 0 Å². The Balaban J connectivity index is 2.38. The third-order valence-corrected chi connectivity index (χ3v) is 3.57. The molecule has 0 fully saturated rings. The Morgan fingerprint density at radius 3 is 2.81 bits per heavy atom. The van der Waals surface area contributed by atoms with E-state index >= 15 is 0 Å². The smallest absolute Gasteiger partial charge is 0.212 e. The summed E-state index contributed by atoms with van der Waals surface area (Å²) in [6, 6.07) is 5.12. The van der Waals surface area contributed by atoms with E-state index in [1.165, 1.54) is 11.3 Å². The first-order chi connectivity index (χ1) is 7.58. The van der Waals surface area contributed by atoms with Crippen molar-refractivity contribution in [3.05, 3.63) is 44.3 Å². The molecule has 1 aromatic heterocycles. The number of halogens is 1. The highest BCUT2D eigenvalue weighted by atomic mass is 79.9. The van der Waals surface area contributed by atoms with Gasteiger partial charge in [-0.05, 0) is 41.1 Å². The van der Waals surface area contributed by atoms with E-state index in [1.54, 1.807) is 23.6 Å². The van der Waals surface area contributed by atoms with Crippen LogP contribution in [0.5, 0.6) is 0 Å². The number of anilines is 1. The number of ketones is 1. The van der Waals surface area contributed by atoms with Gasteiger partial charge in [-0.1, -0.05) is 0 Å². The van der Waals surface area contributed by atoms with E-state index < -0.39 is 0 Å². The van der Waals surface area contributed by atoms with E-state index in [1.807, 2.05) is 6.92 Å². The number of carbonyl (C=O) groups is 1. The summed E-state index contributed by atoms with van der Waals surface area (Å²) < 4.78 is 0.727. The monoisotopic (exact) mass is 296 g/mol. The number of hydrogen-bond acceptors (Lipinski definition) is 4. The largest absolute Gasteiger partial charge is 0.398 e. The van der Waals surface area contributed by atoms with Crippen molar-refractivity contribution < 1.29 is 4.79 Å². The maximum atomic E-state index is 12.0. The van der Waals surface area contributed by atoms with Crippen LogP contribution < -0.4 is 5.73 Å². The van der Waals surface area contributed by atoms with Crippen LogP contribution in [-0.4, -0.2) is 10.8 Å². The van der Waals surface area contributed by atoms with Crippen LogP contribution in [0.2, 0.25) is 0 Å². The summed E-state index contributed by atoms with van der Waals surface area (Å²) in [4.78, 5) is 16.2. The topological polar surface area (TPSA) is 56.0 Å². The molecule has 0 saturated carbocycles. The van der Waals surface area contributed by atoms with Gasteiger partial charge in [0, 0.05) is 21.1 Å². The van der Waals surface area contributed by atoms with Crippen molar-refractivity contribution in [1.82, 2.24) is 4.98 Å². The first kappa shape index (κ1) is 11.3. The third-order valence-electron chi connectivity index (χ3n) is 2.11. The molecule has 3 nitrogen and oxygen atoms in total. The summed E-state index contributed by atoms with van der Waals surface area (Å²) in [6.07, 6.45) is 0. The molecule has 0 aliphatic heterocycles. The van der Waals surface area contributed by atoms with Crippen molar-refractivity contribution in [2.75, 3.05) is 5.73 Å². The van der Waals surface area contributed by atoms with Crippen LogP contribution in [0, 0.1) is 6.92 Å². The molecule has 0 aliphatic carbocycles. The molecule has 2 aromatic rings. The Morgan fingerprint density at radius 1 is 1.50 bits per heavy atom. The molecular formula is C11H9BrN2OS. The van der Waals surface area contributed by atoms with Gasteiger partial charge < -0.3 is 5.73 Å². The molecule has 0 aliphatic rings. The fraction of sp³-hybridized carbons (Fsp3) is 0.0909. The lowest BCUT2D eigenvalue weighted by Crippen LogP contribution is -2.02. The number of hydrogen-bond donors (Lipinski definition) is 1. The van der Waals surface area contributed by atoms with Crippen LogP contribution in [0.3, 0.4) is 0 Å². The molecule has 2 N–H and O–H groups in total. The molecule has 0 saturated heterocycles. The zero-order chi connectivity index (χ0) is 11.7. The fourth-order valence-electron chi connectivity index (χ4n) is 1.28. The Hall–Kier alpha value is -1.20. The predicted molar refractivity (Wildman–Crippen MR) is 68.8 cm³/mol. The van der Waals surface area contributed by atoms with Gasteiger partial charge in [0.05, 0.1) is 5.01 Å². The van der Waals surface area contributed by atoms with E-state index in [-0.39, 0.29) is 5.78 Å². The third kappa shape index (κ3) is 2.15. The number of nitrogens with zero attached hydrogens (tertiary/aromatic N) is 1. The number of nitrogen functional groups attached to an aromatic ring is 1. The standard InChI is InChI=1S/C11H9BrN2OS/c1-6-14-10(5-16-6)11(15)7-2-3-9(13)8(12)4-7/h2-5H,13H2,1H3. The normalized spacial score (nSPS) is 10.4. The zero-order valence-electron chi connectivity index (χ0n) is 8.53. The van der Waals surface area contributed by atoms with Gasteiger partial charge in [-0.3, -0.25) is 4.79 Å². The molecule has 0 unspecified atom stereocenters. The number of aromatic nitrogens is 1. The molecule has 5 heteroatoms. The Labute approximate surface area is 105 Å². The van der Waals surface area contributed by atoms with E-state index in [4.69, 9.17) is 5.73 Å². The summed E-state index contributed by atoms with van der Waals surface area (Å²) >= 11 is 4.76. The van der Waals surface area contributed by atoms with E-state index in [0.29, 0.717) is 16.9 Å². The summed E-state index contributed by atoms with van der Waals surface area (Å²) in [5.74, 6) is -0.0787. The molecule has 1 aromatic carbocycles. The molecule has 0 spiro atoms. The van der Waals surface area contributed by atoms with Crippen LogP contribution in [0.4, 0.5) is 5.69 Å². The van der Waals surface area contributed by atoms with E-state index in [2.05, 4.69) is 20.9 Å². The number of rotatable bonds is 2. The minimum Gasteiger partial charge on any atom is -0.398 e. The van der Waals surface area contributed by atoms with Crippen LogP contribution in [-0.2, 0) is 0 Å². The minimum absolute atomic E-state index is 0.0787. The molecular weight excluding hydrogens is 288 g/mol. The molecule has 2 rings (SSSR count). The highest BCUT2D eigenvalue weighted by Crippen LogP contribution is 2.22. The summed E-state index contributed by atoms with van der Waals surface area (Å²) in [5.41, 5.74) is 7.35. The average molecular weight is 297 g/mol. The maximum Gasteiger partial charge on any atom is 0.212 e. The summed E-state index contributed by atoms with van der Waals surface area (Å²) in [7, 11) is 0. The number of benzene rings is 1. The lowest BCUT2D eigenvalue weighted by atomic mass is 10.1. The minimum atomic E-state index is -0.0787. The van der Waals surface area contributed by atoms with Crippen molar-refractivity contribution in [2.24, 2.45) is 0 Å². The number of thiazole rings is 1. The highest BCUT2D eigenvalue weighted by molar-refractivity contribution is 9.10. The van der Waals surface area contributed by atoms with Gasteiger partial charge >= 0.3 is 0 Å². The molecule has 1 heterocycles. The van der Waals surface area contributed by atoms with Crippen molar-refractivity contribution in [3.63, 3.8) is 0 Å². The van der Waals surface area contributed by atoms with Crippen LogP contribution in [0.1, 0.15) is 21.1 Å². The molecule has 0 bridgehead atoms. The van der Waals surface area contributed by atoms with Gasteiger partial charge in [-0.2, -0.15) is 0 Å². The Kier molecular flexibility index (Phi) is 3.07. The molecule has 0 amide bonds. The average Bonchev–Trinajstić information content (AvgIpc) is 2.68. The maximum absolute atomic E-state index is 12.0. The van der Waals surface area contributed by atoms with Gasteiger partial charge in [0.25, 0.3) is 0 Å². The number of nitrogens with two attached hydrogens (primary N) is 1. The van der Waals surface area contributed by atoms with Crippen LogP contribution in [0.25, 0.3) is 0 Å². The number of carbonyl (C=O) groups excluding carboxylic acids is 1. The van der Waals surface area contributed by atoms with Gasteiger partial charge in [0.1, 0.15) is 5.69 Å². The van der Waals surface area contributed by atoms with Gasteiger partial charge in [-0.15, -0.1) is 11.3 Å². The molecule has 0 radical (unpaired) electrons. The molecule has 82 valence electrons. The van der Waals surface area contributed by atoms with Gasteiger partial charge in [0.2, 0.25) is 5.78 Å². The number of aryl methyl sites for hydroxylation is 1. The first-order valence-electron chi connectivity index (χ1n) is 4.60. The summed E-state index contributed by atoms with van der Waals surface area (Å²) in [6.45, 7) is 1.88. The molecule has 0 atom stereocenters. The van der Waals surface area contributed by atoms with Gasteiger partial charge in [0.15, 0.2) is 0 Å². The second kappa shape index (κ2) is 4.35. The quantitative estimate of drug-likeness (QED) is 0.684. The lowest BCUT2D eigenvalue weighted by Gasteiger charge is -2.01. The van der Waals surface area contributed by atoms with Crippen LogP contribution >= 0.6 is 27.3 Å². The Morgan fingerprint density at radius 2 is 2.25 bits per heavy atom. The van der Waals surface area contributed by atoms with Gasteiger partial charge in [-0.25, -0.2) is 4.98 Å². The highest BCUT2D eigenvalue weighted by Gasteiger charge is 2.12. The van der Waals surface area contributed by atoms with Crippen molar-refractivity contribution in [3.8, 4) is 0 Å². The van der Waals surface area contributed by atoms with E-state index in [0.717, 1.165) is 9.48 Å². The molecule has 16 heavy (non-hydrogen) atoms. The summed E-state index contributed by atoms with van der Waals surface area (Å²) in [5, 5.41) is 2.65. The first-order valence-corrected chi connectivity index (χ1v) is 6.27. The predicted octanol–water partition coefficient (Wildman–Crippen LogP) is 3.03. The second-order valence-electron chi connectivity index (χ2n) is 3.32. The van der Waals surface area contributed by atoms with E-state index in [9.17, 15) is 4.79 Å². The lowest BCUT2D eigenvalue weighted by molar-refractivity contribution is 0.103.